The van der Waals surface area contributed by atoms with Crippen LogP contribution in [0.3, 0.4) is 0 Å². The third-order valence-corrected chi connectivity index (χ3v) is 14.1. The van der Waals surface area contributed by atoms with Crippen LogP contribution in [0.25, 0.3) is 0 Å². The van der Waals surface area contributed by atoms with Gasteiger partial charge >= 0.3 is 11.7 Å². The van der Waals surface area contributed by atoms with Crippen molar-refractivity contribution < 1.29 is 29.3 Å². The van der Waals surface area contributed by atoms with Gasteiger partial charge in [0.2, 0.25) is 5.91 Å². The van der Waals surface area contributed by atoms with Crippen LogP contribution in [0.2, 0.25) is 0 Å². The van der Waals surface area contributed by atoms with Gasteiger partial charge in [-0.2, -0.15) is 0 Å². The van der Waals surface area contributed by atoms with E-state index in [2.05, 4.69) is 51.0 Å². The zero-order valence-corrected chi connectivity index (χ0v) is 31.3. The Balaban J connectivity index is 1.01. The number of esters is 1. The van der Waals surface area contributed by atoms with Gasteiger partial charge in [-0.1, -0.05) is 65.5 Å². The van der Waals surface area contributed by atoms with Crippen LogP contribution in [0.15, 0.2) is 33.5 Å². The van der Waals surface area contributed by atoms with Crippen LogP contribution < -0.4 is 16.6 Å². The molecule has 0 radical (unpaired) electrons. The number of rotatable bonds is 12. The number of aliphatic hydroxyl groups is 2. The van der Waals surface area contributed by atoms with Crippen molar-refractivity contribution in [1.82, 2.24) is 14.9 Å². The number of amides is 1. The summed E-state index contributed by atoms with van der Waals surface area (Å²) in [6.45, 7) is 11.8. The van der Waals surface area contributed by atoms with Crippen molar-refractivity contribution in [1.29, 1.82) is 0 Å². The summed E-state index contributed by atoms with van der Waals surface area (Å²) >= 11 is 0. The maximum Gasteiger partial charge on any atom is 0.330 e. The summed E-state index contributed by atoms with van der Waals surface area (Å²) in [5.41, 5.74) is 0.663. The number of aromatic amines is 1. The van der Waals surface area contributed by atoms with Crippen LogP contribution in [-0.2, 0) is 19.1 Å². The first-order chi connectivity index (χ1) is 24.2. The molecule has 4 N–H and O–H groups in total. The van der Waals surface area contributed by atoms with Crippen molar-refractivity contribution in [2.24, 2.45) is 46.3 Å². The molecule has 3 saturated carbocycles. The number of aromatic nitrogens is 2. The monoisotopic (exact) mass is 711 g/mol. The SMILES string of the molecule is CC(C)CCC[C@@H](C)[C@H]1CC[C@H]2[C@@H]3CC=C4C[C@@H](OC(=O)CCC(=O)N[C@@H]5[C@H](O)[C@@H](CO)O[C@H]5n5ccc(=O)[nH]c5=O)CC[C@]4(C)[C@H]3CC[C@]12C. The molecule has 11 heteroatoms. The summed E-state index contributed by atoms with van der Waals surface area (Å²) in [6.07, 6.45) is 12.8. The second kappa shape index (κ2) is 15.3. The summed E-state index contributed by atoms with van der Waals surface area (Å²) in [6, 6.07) is 0.0401. The second-order valence-corrected chi connectivity index (χ2v) is 17.5. The molecular formula is C40H61N3O8. The lowest BCUT2D eigenvalue weighted by Gasteiger charge is -2.58. The van der Waals surface area contributed by atoms with Gasteiger partial charge in [0.15, 0.2) is 6.23 Å². The van der Waals surface area contributed by atoms with Crippen molar-refractivity contribution in [2.45, 2.75) is 149 Å². The minimum absolute atomic E-state index is 0.128. The Kier molecular flexibility index (Phi) is 11.4. The number of allylic oxidation sites excluding steroid dienone is 1. The minimum Gasteiger partial charge on any atom is -0.462 e. The van der Waals surface area contributed by atoms with Crippen LogP contribution in [0.1, 0.15) is 124 Å². The molecule has 0 bridgehead atoms. The third-order valence-electron chi connectivity index (χ3n) is 14.1. The molecule has 0 unspecified atom stereocenters. The Bertz CT molecular complexity index is 1570. The maximum absolute atomic E-state index is 13.0. The van der Waals surface area contributed by atoms with Gasteiger partial charge in [-0.25, -0.2) is 4.79 Å². The molecule has 1 saturated heterocycles. The summed E-state index contributed by atoms with van der Waals surface area (Å²) in [5.74, 6) is 3.66. The van der Waals surface area contributed by atoms with Crippen LogP contribution in [0.4, 0.5) is 0 Å². The van der Waals surface area contributed by atoms with Gasteiger partial charge in [0, 0.05) is 25.1 Å². The molecule has 11 nitrogen and oxygen atoms in total. The average molecular weight is 712 g/mol. The summed E-state index contributed by atoms with van der Waals surface area (Å²) < 4.78 is 12.6. The molecule has 284 valence electrons. The molecular weight excluding hydrogens is 650 g/mol. The first-order valence-electron chi connectivity index (χ1n) is 19.7. The number of ether oxygens (including phenoxy) is 2. The molecule has 2 heterocycles. The highest BCUT2D eigenvalue weighted by atomic mass is 16.5. The van der Waals surface area contributed by atoms with Crippen LogP contribution in [-0.4, -0.2) is 62.6 Å². The quantitative estimate of drug-likeness (QED) is 0.174. The zero-order valence-electron chi connectivity index (χ0n) is 31.3. The zero-order chi connectivity index (χ0) is 36.7. The Labute approximate surface area is 302 Å². The summed E-state index contributed by atoms with van der Waals surface area (Å²) in [4.78, 5) is 52.0. The number of nitrogens with zero attached hydrogens (tertiary/aromatic N) is 1. The first-order valence-corrected chi connectivity index (χ1v) is 19.7. The lowest BCUT2D eigenvalue weighted by Crippen LogP contribution is -2.51. The largest absolute Gasteiger partial charge is 0.462 e. The van der Waals surface area contributed by atoms with Crippen molar-refractivity contribution in [3.8, 4) is 0 Å². The minimum atomic E-state index is -1.31. The molecule has 1 aliphatic heterocycles. The van der Waals surface area contributed by atoms with E-state index >= 15 is 0 Å². The van der Waals surface area contributed by atoms with E-state index in [9.17, 15) is 29.4 Å². The standard InChI is InChI=1S/C40H61N3O8/c1-23(2)7-6-8-24(3)28-11-12-29-27-10-9-25-21-26(15-18-39(25,4)30(27)16-19-40(28,29)5)50-34(47)14-13-32(45)41-35-36(48)31(22-44)51-37(35)43-20-17-33(46)42-38(43)49/h9,17,20,23-24,26-31,35-37,44,48H,6-8,10-16,18-19,21-22H2,1-5H3,(H,41,45)(H,42,46,49)/t24-,26+,27+,28-,29+,30+,31-,35-,36-,37-,39+,40-/m1/s1. The fourth-order valence-corrected chi connectivity index (χ4v) is 11.4. The number of H-pyrrole nitrogens is 1. The predicted molar refractivity (Wildman–Crippen MR) is 192 cm³/mol. The highest BCUT2D eigenvalue weighted by Gasteiger charge is 2.59. The topological polar surface area (TPSA) is 160 Å². The van der Waals surface area contributed by atoms with Crippen LogP contribution in [0.5, 0.6) is 0 Å². The van der Waals surface area contributed by atoms with Crippen molar-refractivity contribution in [3.05, 3.63) is 44.8 Å². The number of carbonyl (C=O) groups is 2. The van der Waals surface area contributed by atoms with E-state index in [1.165, 1.54) is 56.7 Å². The van der Waals surface area contributed by atoms with Crippen molar-refractivity contribution in [2.75, 3.05) is 6.61 Å². The van der Waals surface area contributed by atoms with Crippen molar-refractivity contribution in [3.63, 3.8) is 0 Å². The molecule has 51 heavy (non-hydrogen) atoms. The molecule has 4 fully saturated rings. The molecule has 0 aromatic carbocycles. The molecule has 0 spiro atoms. The van der Waals surface area contributed by atoms with Gasteiger partial charge in [-0.3, -0.25) is 23.9 Å². The molecule has 12 atom stereocenters. The number of hydrogen-bond donors (Lipinski definition) is 4. The highest BCUT2D eigenvalue weighted by molar-refractivity contribution is 5.81. The maximum atomic E-state index is 13.0. The van der Waals surface area contributed by atoms with Gasteiger partial charge in [-0.05, 0) is 91.3 Å². The Morgan fingerprint density at radius 1 is 1.08 bits per heavy atom. The van der Waals surface area contributed by atoms with Crippen LogP contribution >= 0.6 is 0 Å². The van der Waals surface area contributed by atoms with E-state index in [1.54, 1.807) is 0 Å². The number of aliphatic hydroxyl groups excluding tert-OH is 2. The Morgan fingerprint density at radius 3 is 2.59 bits per heavy atom. The van der Waals surface area contributed by atoms with E-state index in [-0.39, 0.29) is 24.4 Å². The number of fused-ring (bicyclic) bond motifs is 5. The van der Waals surface area contributed by atoms with Crippen LogP contribution in [0, 0.1) is 46.3 Å². The fourth-order valence-electron chi connectivity index (χ4n) is 11.4. The molecule has 4 aliphatic carbocycles. The number of hydrogen-bond acceptors (Lipinski definition) is 8. The second-order valence-electron chi connectivity index (χ2n) is 17.5. The molecule has 6 rings (SSSR count). The van der Waals surface area contributed by atoms with E-state index in [4.69, 9.17) is 9.47 Å². The Hall–Kier alpha value is -2.76. The van der Waals surface area contributed by atoms with E-state index in [0.717, 1.165) is 65.9 Å². The smallest absolute Gasteiger partial charge is 0.330 e. The fraction of sp³-hybridized carbons (Fsp3) is 0.800. The molecule has 1 aromatic rings. The molecule has 1 aromatic heterocycles. The normalized spacial score (nSPS) is 38.0. The van der Waals surface area contributed by atoms with E-state index in [1.807, 2.05) is 0 Å². The lowest BCUT2D eigenvalue weighted by molar-refractivity contribution is -0.152. The highest BCUT2D eigenvalue weighted by Crippen LogP contribution is 2.67. The predicted octanol–water partition coefficient (Wildman–Crippen LogP) is 5.01. The average Bonchev–Trinajstić information content (AvgIpc) is 3.59. The van der Waals surface area contributed by atoms with Gasteiger partial charge in [0.1, 0.15) is 24.4 Å². The molecule has 1 amide bonds. The lowest BCUT2D eigenvalue weighted by atomic mass is 9.47. The number of carbonyl (C=O) groups excluding carboxylic acids is 2. The first kappa shape index (κ1) is 38.0. The summed E-state index contributed by atoms with van der Waals surface area (Å²) in [5, 5.41) is 23.0. The van der Waals surface area contributed by atoms with Gasteiger partial charge in [-0.15, -0.1) is 0 Å². The molecule has 5 aliphatic rings. The third kappa shape index (κ3) is 7.54. The summed E-state index contributed by atoms with van der Waals surface area (Å²) in [7, 11) is 0. The Morgan fingerprint density at radius 2 is 1.86 bits per heavy atom. The van der Waals surface area contributed by atoms with Gasteiger partial charge < -0.3 is 25.0 Å². The van der Waals surface area contributed by atoms with Gasteiger partial charge in [0.05, 0.1) is 13.0 Å². The van der Waals surface area contributed by atoms with E-state index in [0.29, 0.717) is 11.3 Å². The number of nitrogens with one attached hydrogen (secondary N) is 2. The van der Waals surface area contributed by atoms with Gasteiger partial charge in [0.25, 0.3) is 5.56 Å². The van der Waals surface area contributed by atoms with E-state index < -0.39 is 54.2 Å². The van der Waals surface area contributed by atoms with Crippen molar-refractivity contribution >= 4 is 11.9 Å².